The zero-order chi connectivity index (χ0) is 13.5. The van der Waals surface area contributed by atoms with Crippen LogP contribution in [-0.4, -0.2) is 4.98 Å². The molecule has 100 valence electrons. The summed E-state index contributed by atoms with van der Waals surface area (Å²) in [4.78, 5) is 4.24. The molecular weight excluding hydrogens is 237 g/mol. The Morgan fingerprint density at radius 3 is 2.63 bits per heavy atom. The van der Waals surface area contributed by atoms with Crippen LogP contribution < -0.4 is 0 Å². The largest absolute Gasteiger partial charge is 0.256 e. The molecule has 0 fully saturated rings. The van der Waals surface area contributed by atoms with Crippen LogP contribution in [0.5, 0.6) is 0 Å². The summed E-state index contributed by atoms with van der Waals surface area (Å²) in [6.45, 7) is 2.18. The average Bonchev–Trinajstić information content (AvgIpc) is 2.46. The Labute approximate surface area is 114 Å². The van der Waals surface area contributed by atoms with E-state index in [0.717, 1.165) is 29.7 Å². The van der Waals surface area contributed by atoms with Gasteiger partial charge in [-0.05, 0) is 36.6 Å². The van der Waals surface area contributed by atoms with Gasteiger partial charge in [0.25, 0.3) is 0 Å². The summed E-state index contributed by atoms with van der Waals surface area (Å²) in [7, 11) is 0. The molecule has 0 amide bonds. The van der Waals surface area contributed by atoms with Crippen LogP contribution in [0.3, 0.4) is 0 Å². The molecule has 0 spiro atoms. The zero-order valence-electron chi connectivity index (χ0n) is 11.4. The Hall–Kier alpha value is -1.70. The number of pyridine rings is 1. The van der Waals surface area contributed by atoms with Gasteiger partial charge in [-0.1, -0.05) is 44.4 Å². The van der Waals surface area contributed by atoms with Gasteiger partial charge in [-0.3, -0.25) is 4.98 Å². The lowest BCUT2D eigenvalue weighted by atomic mass is 10.0. The Balaban J connectivity index is 2.05. The SMILES string of the molecule is CCCCCCc1ccc(-c2ccccn2)cc1F. The number of hydrogen-bond donors (Lipinski definition) is 0. The fraction of sp³-hybridized carbons (Fsp3) is 0.353. The predicted octanol–water partition coefficient (Wildman–Crippen LogP) is 5.01. The number of halogens is 1. The highest BCUT2D eigenvalue weighted by molar-refractivity contribution is 5.59. The van der Waals surface area contributed by atoms with Gasteiger partial charge in [0.1, 0.15) is 5.82 Å². The lowest BCUT2D eigenvalue weighted by Crippen LogP contribution is -1.92. The van der Waals surface area contributed by atoms with Gasteiger partial charge in [0.15, 0.2) is 0 Å². The van der Waals surface area contributed by atoms with Crippen molar-refractivity contribution in [3.63, 3.8) is 0 Å². The normalized spacial score (nSPS) is 10.6. The first-order valence-electron chi connectivity index (χ1n) is 7.01. The van der Waals surface area contributed by atoms with Crippen molar-refractivity contribution < 1.29 is 4.39 Å². The van der Waals surface area contributed by atoms with Gasteiger partial charge in [-0.2, -0.15) is 0 Å². The molecule has 1 nitrogen and oxygen atoms in total. The molecule has 2 heteroatoms. The third kappa shape index (κ3) is 3.88. The molecule has 19 heavy (non-hydrogen) atoms. The molecule has 0 saturated carbocycles. The fourth-order valence-corrected chi connectivity index (χ4v) is 2.19. The number of benzene rings is 1. The lowest BCUT2D eigenvalue weighted by molar-refractivity contribution is 0.594. The van der Waals surface area contributed by atoms with Gasteiger partial charge in [-0.15, -0.1) is 0 Å². The van der Waals surface area contributed by atoms with Gasteiger partial charge in [0.2, 0.25) is 0 Å². The van der Waals surface area contributed by atoms with Crippen LogP contribution in [0.4, 0.5) is 4.39 Å². The van der Waals surface area contributed by atoms with E-state index in [9.17, 15) is 4.39 Å². The summed E-state index contributed by atoms with van der Waals surface area (Å²) in [6.07, 6.45) is 7.24. The third-order valence-electron chi connectivity index (χ3n) is 3.31. The number of rotatable bonds is 6. The van der Waals surface area contributed by atoms with E-state index >= 15 is 0 Å². The van der Waals surface area contributed by atoms with E-state index in [4.69, 9.17) is 0 Å². The lowest BCUT2D eigenvalue weighted by Gasteiger charge is -2.06. The Kier molecular flexibility index (Phi) is 5.08. The summed E-state index contributed by atoms with van der Waals surface area (Å²) in [5, 5.41) is 0. The molecule has 1 aromatic heterocycles. The van der Waals surface area contributed by atoms with E-state index in [1.165, 1.54) is 19.3 Å². The van der Waals surface area contributed by atoms with Gasteiger partial charge >= 0.3 is 0 Å². The molecule has 0 aliphatic carbocycles. The van der Waals surface area contributed by atoms with Crippen LogP contribution in [0.2, 0.25) is 0 Å². The summed E-state index contributed by atoms with van der Waals surface area (Å²) in [5.41, 5.74) is 2.48. The van der Waals surface area contributed by atoms with Crippen LogP contribution in [0.25, 0.3) is 11.3 Å². The molecule has 0 radical (unpaired) electrons. The Bertz CT molecular complexity index is 508. The second-order valence-corrected chi connectivity index (χ2v) is 4.83. The molecule has 1 heterocycles. The van der Waals surface area contributed by atoms with E-state index in [1.54, 1.807) is 12.3 Å². The quantitative estimate of drug-likeness (QED) is 0.663. The van der Waals surface area contributed by atoms with Crippen LogP contribution >= 0.6 is 0 Å². The highest BCUT2D eigenvalue weighted by atomic mass is 19.1. The van der Waals surface area contributed by atoms with Crippen molar-refractivity contribution in [1.29, 1.82) is 0 Å². The summed E-state index contributed by atoms with van der Waals surface area (Å²) < 4.78 is 14.0. The molecule has 0 saturated heterocycles. The van der Waals surface area contributed by atoms with Gasteiger partial charge in [-0.25, -0.2) is 4.39 Å². The summed E-state index contributed by atoms with van der Waals surface area (Å²) in [6, 6.07) is 11.1. The predicted molar refractivity (Wildman–Crippen MR) is 77.5 cm³/mol. The number of aromatic nitrogens is 1. The van der Waals surface area contributed by atoms with Crippen molar-refractivity contribution in [3.05, 3.63) is 54.0 Å². The smallest absolute Gasteiger partial charge is 0.127 e. The summed E-state index contributed by atoms with van der Waals surface area (Å²) >= 11 is 0. The van der Waals surface area contributed by atoms with E-state index in [2.05, 4.69) is 11.9 Å². The van der Waals surface area contributed by atoms with E-state index in [-0.39, 0.29) is 5.82 Å². The van der Waals surface area contributed by atoms with Crippen molar-refractivity contribution >= 4 is 0 Å². The average molecular weight is 257 g/mol. The number of hydrogen-bond acceptors (Lipinski definition) is 1. The molecule has 2 rings (SSSR count). The molecule has 0 aliphatic rings. The fourth-order valence-electron chi connectivity index (χ4n) is 2.19. The highest BCUT2D eigenvalue weighted by Gasteiger charge is 2.05. The minimum atomic E-state index is -0.111. The topological polar surface area (TPSA) is 12.9 Å². The van der Waals surface area contributed by atoms with Crippen molar-refractivity contribution in [2.24, 2.45) is 0 Å². The first-order chi connectivity index (χ1) is 9.31. The first kappa shape index (κ1) is 13.7. The van der Waals surface area contributed by atoms with E-state index in [1.807, 2.05) is 30.3 Å². The van der Waals surface area contributed by atoms with Crippen LogP contribution in [-0.2, 0) is 6.42 Å². The molecular formula is C17H20FN. The number of nitrogens with zero attached hydrogens (tertiary/aromatic N) is 1. The summed E-state index contributed by atoms with van der Waals surface area (Å²) in [5.74, 6) is -0.111. The standard InChI is InChI=1S/C17H20FN/c1-2-3-4-5-8-14-10-11-15(13-16(14)18)17-9-6-7-12-19-17/h6-7,9-13H,2-5,8H2,1H3. The molecule has 2 aromatic rings. The maximum absolute atomic E-state index is 14.0. The number of unbranched alkanes of at least 4 members (excludes halogenated alkanes) is 3. The third-order valence-corrected chi connectivity index (χ3v) is 3.31. The van der Waals surface area contributed by atoms with Crippen molar-refractivity contribution in [3.8, 4) is 11.3 Å². The van der Waals surface area contributed by atoms with Gasteiger partial charge in [0.05, 0.1) is 5.69 Å². The van der Waals surface area contributed by atoms with Gasteiger partial charge in [0, 0.05) is 11.8 Å². The van der Waals surface area contributed by atoms with Crippen molar-refractivity contribution in [1.82, 2.24) is 4.98 Å². The first-order valence-corrected chi connectivity index (χ1v) is 7.01. The zero-order valence-corrected chi connectivity index (χ0v) is 11.4. The number of aryl methyl sites for hydroxylation is 1. The molecule has 0 atom stereocenters. The molecule has 0 aliphatic heterocycles. The molecule has 0 unspecified atom stereocenters. The molecule has 0 bridgehead atoms. The van der Waals surface area contributed by atoms with Gasteiger partial charge < -0.3 is 0 Å². The van der Waals surface area contributed by atoms with E-state index < -0.39 is 0 Å². The van der Waals surface area contributed by atoms with Crippen molar-refractivity contribution in [2.75, 3.05) is 0 Å². The molecule has 1 aromatic carbocycles. The highest BCUT2D eigenvalue weighted by Crippen LogP contribution is 2.21. The minimum Gasteiger partial charge on any atom is -0.256 e. The second-order valence-electron chi connectivity index (χ2n) is 4.83. The van der Waals surface area contributed by atoms with Crippen molar-refractivity contribution in [2.45, 2.75) is 39.0 Å². The second kappa shape index (κ2) is 7.03. The van der Waals surface area contributed by atoms with Crippen LogP contribution in [0, 0.1) is 5.82 Å². The Morgan fingerprint density at radius 2 is 1.95 bits per heavy atom. The maximum atomic E-state index is 14.0. The van der Waals surface area contributed by atoms with Crippen LogP contribution in [0.1, 0.15) is 38.2 Å². The minimum absolute atomic E-state index is 0.111. The van der Waals surface area contributed by atoms with Crippen LogP contribution in [0.15, 0.2) is 42.6 Å². The monoisotopic (exact) mass is 257 g/mol. The maximum Gasteiger partial charge on any atom is 0.127 e. The Morgan fingerprint density at radius 1 is 1.05 bits per heavy atom. The molecule has 0 N–H and O–H groups in total. The van der Waals surface area contributed by atoms with E-state index in [0.29, 0.717) is 0 Å².